The fraction of sp³-hybridized carbons (Fsp3) is 0.571. The van der Waals surface area contributed by atoms with Crippen LogP contribution in [0.25, 0.3) is 0 Å². The normalized spacial score (nSPS) is 23.6. The second-order valence-electron chi connectivity index (χ2n) is 5.21. The zero-order valence-electron chi connectivity index (χ0n) is 11.1. The number of carboxylic acid groups (broad SMARTS) is 1. The van der Waals surface area contributed by atoms with Crippen LogP contribution in [-0.4, -0.2) is 42.3 Å². The van der Waals surface area contributed by atoms with Gasteiger partial charge in [0.2, 0.25) is 0 Å². The number of methoxy groups -OCH3 is 1. The molecule has 0 aromatic heterocycles. The molecule has 1 aliphatic carbocycles. The lowest BCUT2D eigenvalue weighted by Crippen LogP contribution is -2.42. The Labute approximate surface area is 112 Å². The predicted molar refractivity (Wildman–Crippen MR) is 69.7 cm³/mol. The molecular formula is C14H19NO4. The molecule has 1 spiro atoms. The number of rotatable bonds is 1. The van der Waals surface area contributed by atoms with Crippen molar-refractivity contribution in [3.8, 4) is 0 Å². The highest BCUT2D eigenvalue weighted by Gasteiger charge is 2.35. The average Bonchev–Trinajstić information content (AvgIpc) is 2.42. The standard InChI is InChI=1S/C14H19NO4/c1-19-12(16)10-11-2-4-14(5-3-11)6-8-15(9-7-14)13(17)18/h2,4,10H,3,5-9H2,1H3,(H,17,18)/b11-10-. The van der Waals surface area contributed by atoms with Crippen LogP contribution in [0.4, 0.5) is 4.79 Å². The Morgan fingerprint density at radius 3 is 2.53 bits per heavy atom. The second kappa shape index (κ2) is 5.47. The Hall–Kier alpha value is -1.78. The number of hydrogen-bond acceptors (Lipinski definition) is 3. The summed E-state index contributed by atoms with van der Waals surface area (Å²) < 4.78 is 4.61. The largest absolute Gasteiger partial charge is 0.466 e. The Morgan fingerprint density at radius 2 is 2.05 bits per heavy atom. The highest BCUT2D eigenvalue weighted by molar-refractivity contribution is 5.83. The highest BCUT2D eigenvalue weighted by Crippen LogP contribution is 2.41. The molecule has 1 fully saturated rings. The first-order valence-corrected chi connectivity index (χ1v) is 6.50. The number of allylic oxidation sites excluding steroid dienone is 3. The van der Waals surface area contributed by atoms with Gasteiger partial charge >= 0.3 is 12.1 Å². The van der Waals surface area contributed by atoms with Crippen molar-refractivity contribution in [1.29, 1.82) is 0 Å². The van der Waals surface area contributed by atoms with Crippen LogP contribution in [0.5, 0.6) is 0 Å². The number of esters is 1. The van der Waals surface area contributed by atoms with Crippen molar-refractivity contribution in [1.82, 2.24) is 4.90 Å². The lowest BCUT2D eigenvalue weighted by molar-refractivity contribution is -0.134. The van der Waals surface area contributed by atoms with Gasteiger partial charge in [0.05, 0.1) is 7.11 Å². The first-order valence-electron chi connectivity index (χ1n) is 6.50. The van der Waals surface area contributed by atoms with Crippen LogP contribution in [0.3, 0.4) is 0 Å². The van der Waals surface area contributed by atoms with Crippen LogP contribution in [-0.2, 0) is 9.53 Å². The quantitative estimate of drug-likeness (QED) is 0.583. The van der Waals surface area contributed by atoms with Gasteiger partial charge in [-0.1, -0.05) is 12.2 Å². The van der Waals surface area contributed by atoms with Gasteiger partial charge in [-0.05, 0) is 36.7 Å². The van der Waals surface area contributed by atoms with E-state index in [0.717, 1.165) is 31.3 Å². The third kappa shape index (κ3) is 3.16. The van der Waals surface area contributed by atoms with Crippen molar-refractivity contribution in [3.63, 3.8) is 0 Å². The summed E-state index contributed by atoms with van der Waals surface area (Å²) >= 11 is 0. The van der Waals surface area contributed by atoms with Crippen molar-refractivity contribution >= 4 is 12.1 Å². The number of likely N-dealkylation sites (tertiary alicyclic amines) is 1. The summed E-state index contributed by atoms with van der Waals surface area (Å²) in [4.78, 5) is 23.5. The van der Waals surface area contributed by atoms with Gasteiger partial charge in [-0.15, -0.1) is 0 Å². The third-order valence-electron chi connectivity index (χ3n) is 4.10. The topological polar surface area (TPSA) is 66.8 Å². The Bertz CT molecular complexity index is 431. The molecule has 0 aromatic carbocycles. The van der Waals surface area contributed by atoms with E-state index in [-0.39, 0.29) is 11.4 Å². The van der Waals surface area contributed by atoms with Gasteiger partial charge in [0.25, 0.3) is 0 Å². The maximum absolute atomic E-state index is 11.2. The van der Waals surface area contributed by atoms with E-state index < -0.39 is 6.09 Å². The van der Waals surface area contributed by atoms with Crippen LogP contribution >= 0.6 is 0 Å². The van der Waals surface area contributed by atoms with Gasteiger partial charge in [0.1, 0.15) is 0 Å². The summed E-state index contributed by atoms with van der Waals surface area (Å²) in [6, 6.07) is 0. The molecule has 104 valence electrons. The van der Waals surface area contributed by atoms with Gasteiger partial charge in [-0.2, -0.15) is 0 Å². The number of piperidine rings is 1. The molecule has 1 N–H and O–H groups in total. The van der Waals surface area contributed by atoms with Crippen LogP contribution in [0.1, 0.15) is 25.7 Å². The summed E-state index contributed by atoms with van der Waals surface area (Å²) in [6.07, 6.45) is 8.36. The summed E-state index contributed by atoms with van der Waals surface area (Å²) in [6.45, 7) is 1.19. The van der Waals surface area contributed by atoms with E-state index in [1.54, 1.807) is 0 Å². The molecule has 0 unspecified atom stereocenters. The van der Waals surface area contributed by atoms with E-state index in [1.807, 2.05) is 6.08 Å². The lowest BCUT2D eigenvalue weighted by atomic mass is 9.71. The number of carbonyl (C=O) groups excluding carboxylic acids is 1. The summed E-state index contributed by atoms with van der Waals surface area (Å²) in [5.74, 6) is -0.323. The minimum Gasteiger partial charge on any atom is -0.466 e. The van der Waals surface area contributed by atoms with Crippen molar-refractivity contribution < 1.29 is 19.4 Å². The molecule has 2 rings (SSSR count). The van der Waals surface area contributed by atoms with Crippen molar-refractivity contribution in [2.75, 3.05) is 20.2 Å². The molecule has 0 saturated carbocycles. The van der Waals surface area contributed by atoms with Crippen LogP contribution in [0.2, 0.25) is 0 Å². The van der Waals surface area contributed by atoms with E-state index in [4.69, 9.17) is 5.11 Å². The molecule has 2 aliphatic rings. The number of amides is 1. The molecule has 0 aromatic rings. The molecule has 5 heteroatoms. The maximum atomic E-state index is 11.2. The monoisotopic (exact) mass is 265 g/mol. The smallest absolute Gasteiger partial charge is 0.407 e. The Morgan fingerprint density at radius 1 is 1.37 bits per heavy atom. The third-order valence-corrected chi connectivity index (χ3v) is 4.10. The molecule has 5 nitrogen and oxygen atoms in total. The average molecular weight is 265 g/mol. The van der Waals surface area contributed by atoms with Crippen LogP contribution in [0.15, 0.2) is 23.8 Å². The van der Waals surface area contributed by atoms with Crippen molar-refractivity contribution in [2.45, 2.75) is 25.7 Å². The van der Waals surface area contributed by atoms with Gasteiger partial charge in [0.15, 0.2) is 0 Å². The van der Waals surface area contributed by atoms with Crippen LogP contribution in [0, 0.1) is 5.41 Å². The number of nitrogens with zero attached hydrogens (tertiary/aromatic N) is 1. The lowest BCUT2D eigenvalue weighted by Gasteiger charge is -2.40. The first kappa shape index (κ1) is 13.6. The van der Waals surface area contributed by atoms with Gasteiger partial charge < -0.3 is 14.7 Å². The first-order chi connectivity index (χ1) is 9.04. The van der Waals surface area contributed by atoms with Gasteiger partial charge in [-0.3, -0.25) is 0 Å². The molecule has 0 radical (unpaired) electrons. The summed E-state index contributed by atoms with van der Waals surface area (Å²) in [7, 11) is 1.37. The van der Waals surface area contributed by atoms with Crippen molar-refractivity contribution in [3.05, 3.63) is 23.8 Å². The molecule has 1 saturated heterocycles. The number of hydrogen-bond donors (Lipinski definition) is 1. The van der Waals surface area contributed by atoms with Gasteiger partial charge in [0, 0.05) is 19.2 Å². The van der Waals surface area contributed by atoms with Gasteiger partial charge in [-0.25, -0.2) is 9.59 Å². The minimum atomic E-state index is -0.832. The highest BCUT2D eigenvalue weighted by atomic mass is 16.5. The number of carbonyl (C=O) groups is 2. The summed E-state index contributed by atoms with van der Waals surface area (Å²) in [5.41, 5.74) is 1.09. The van der Waals surface area contributed by atoms with Crippen molar-refractivity contribution in [2.24, 2.45) is 5.41 Å². The SMILES string of the molecule is COC(=O)/C=C1/C=CC2(CC1)CCN(C(=O)O)CC2. The zero-order chi connectivity index (χ0) is 13.9. The zero-order valence-corrected chi connectivity index (χ0v) is 11.1. The van der Waals surface area contributed by atoms with Crippen LogP contribution < -0.4 is 0 Å². The molecule has 1 aliphatic heterocycles. The molecule has 0 bridgehead atoms. The Balaban J connectivity index is 1.99. The number of ether oxygens (including phenoxy) is 1. The van der Waals surface area contributed by atoms with E-state index >= 15 is 0 Å². The Kier molecular flexibility index (Phi) is 3.93. The predicted octanol–water partition coefficient (Wildman–Crippen LogP) is 2.20. The fourth-order valence-electron chi connectivity index (χ4n) is 2.73. The van der Waals surface area contributed by atoms with E-state index in [1.165, 1.54) is 18.1 Å². The molecule has 1 heterocycles. The molecule has 0 atom stereocenters. The molecular weight excluding hydrogens is 246 g/mol. The fourth-order valence-corrected chi connectivity index (χ4v) is 2.73. The van der Waals surface area contributed by atoms with E-state index in [2.05, 4.69) is 10.8 Å². The summed E-state index contributed by atoms with van der Waals surface area (Å²) in [5, 5.41) is 8.94. The second-order valence-corrected chi connectivity index (χ2v) is 5.21. The molecule has 19 heavy (non-hydrogen) atoms. The van der Waals surface area contributed by atoms with E-state index in [0.29, 0.717) is 13.1 Å². The minimum absolute atomic E-state index is 0.111. The van der Waals surface area contributed by atoms with E-state index in [9.17, 15) is 9.59 Å². The molecule has 1 amide bonds. The maximum Gasteiger partial charge on any atom is 0.407 e.